The van der Waals surface area contributed by atoms with E-state index >= 15 is 0 Å². The van der Waals surface area contributed by atoms with Crippen molar-refractivity contribution in [2.24, 2.45) is 0 Å². The van der Waals surface area contributed by atoms with Crippen LogP contribution in [0.1, 0.15) is 6.92 Å². The summed E-state index contributed by atoms with van der Waals surface area (Å²) in [6, 6.07) is 5.09. The Morgan fingerprint density at radius 3 is 2.93 bits per heavy atom. The van der Waals surface area contributed by atoms with Gasteiger partial charge in [0, 0.05) is 0 Å². The lowest BCUT2D eigenvalue weighted by Crippen LogP contribution is -2.34. The Labute approximate surface area is 95.1 Å². The summed E-state index contributed by atoms with van der Waals surface area (Å²) in [5.41, 5.74) is 5.11. The molecule has 0 fully saturated rings. The Balaban J connectivity index is 2.50. The molecule has 1 amide bonds. The van der Waals surface area contributed by atoms with Crippen LogP contribution in [0.5, 0.6) is 0 Å². The van der Waals surface area contributed by atoms with Crippen LogP contribution in [0.2, 0.25) is 5.15 Å². The lowest BCUT2D eigenvalue weighted by Gasteiger charge is -2.08. The molecule has 0 saturated heterocycles. The first-order chi connectivity index (χ1) is 6.59. The van der Waals surface area contributed by atoms with Crippen LogP contribution in [0, 0.1) is 0 Å². The molecule has 4 nitrogen and oxygen atoms in total. The van der Waals surface area contributed by atoms with Gasteiger partial charge in [-0.2, -0.15) is 0 Å². The van der Waals surface area contributed by atoms with Crippen LogP contribution in [0.3, 0.4) is 0 Å². The van der Waals surface area contributed by atoms with Crippen LogP contribution in [0.25, 0.3) is 0 Å². The fourth-order valence-corrected chi connectivity index (χ4v) is 0.981. The Bertz CT molecular complexity index is 332. The van der Waals surface area contributed by atoms with E-state index in [0.29, 0.717) is 11.0 Å². The van der Waals surface area contributed by atoms with Crippen LogP contribution in [-0.4, -0.2) is 15.7 Å². The Kier molecular flexibility index (Phi) is 4.16. The molecule has 0 radical (unpaired) electrons. The molecule has 1 aromatic rings. The minimum absolute atomic E-state index is 0.174. The van der Waals surface area contributed by atoms with Gasteiger partial charge < -0.3 is 0 Å². The highest BCUT2D eigenvalue weighted by Gasteiger charge is 2.07. The molecular weight excluding hydrogens is 269 g/mol. The molecule has 0 saturated carbocycles. The molecule has 0 aliphatic heterocycles. The Morgan fingerprint density at radius 1 is 1.64 bits per heavy atom. The molecule has 2 N–H and O–H groups in total. The molecular formula is C8H9BrClN3O. The second kappa shape index (κ2) is 5.17. The molecule has 1 atom stereocenters. The van der Waals surface area contributed by atoms with Crippen LogP contribution in [-0.2, 0) is 4.79 Å². The molecule has 1 rings (SSSR count). The number of amides is 1. The largest absolute Gasteiger partial charge is 0.282 e. The maximum Gasteiger partial charge on any atom is 0.251 e. The molecule has 6 heteroatoms. The summed E-state index contributed by atoms with van der Waals surface area (Å²) in [6.45, 7) is 1.72. The lowest BCUT2D eigenvalue weighted by molar-refractivity contribution is -0.119. The number of aromatic nitrogens is 1. The fraction of sp³-hybridized carbons (Fsp3) is 0.250. The number of hydrazine groups is 1. The van der Waals surface area contributed by atoms with Crippen molar-refractivity contribution in [2.75, 3.05) is 5.43 Å². The molecule has 0 aliphatic carbocycles. The summed E-state index contributed by atoms with van der Waals surface area (Å²) in [4.78, 5) is 14.8. The average Bonchev–Trinajstić information content (AvgIpc) is 2.14. The number of carbonyl (C=O) groups is 1. The monoisotopic (exact) mass is 277 g/mol. The van der Waals surface area contributed by atoms with E-state index in [0.717, 1.165) is 0 Å². The summed E-state index contributed by atoms with van der Waals surface area (Å²) in [5.74, 6) is 0.325. The van der Waals surface area contributed by atoms with Crippen LogP contribution in [0.15, 0.2) is 18.2 Å². The number of anilines is 1. The van der Waals surface area contributed by atoms with Crippen molar-refractivity contribution in [3.8, 4) is 0 Å². The number of alkyl halides is 1. The lowest BCUT2D eigenvalue weighted by atomic mass is 10.4. The van der Waals surface area contributed by atoms with Crippen molar-refractivity contribution < 1.29 is 4.79 Å². The normalized spacial score (nSPS) is 11.9. The van der Waals surface area contributed by atoms with Gasteiger partial charge in [0.1, 0.15) is 11.0 Å². The minimum Gasteiger partial charge on any atom is -0.282 e. The number of nitrogens with one attached hydrogen (secondary N) is 2. The van der Waals surface area contributed by atoms with Gasteiger partial charge in [0.05, 0.1) is 4.83 Å². The smallest absolute Gasteiger partial charge is 0.251 e. The molecule has 1 heterocycles. The van der Waals surface area contributed by atoms with E-state index in [2.05, 4.69) is 31.8 Å². The quantitative estimate of drug-likeness (QED) is 0.505. The third-order valence-electron chi connectivity index (χ3n) is 1.39. The van der Waals surface area contributed by atoms with Crippen molar-refractivity contribution >= 4 is 39.3 Å². The SMILES string of the molecule is CC(Br)C(=O)NNc1cccc(Cl)n1. The first-order valence-electron chi connectivity index (χ1n) is 3.92. The van der Waals surface area contributed by atoms with Gasteiger partial charge in [0.2, 0.25) is 0 Å². The van der Waals surface area contributed by atoms with E-state index in [-0.39, 0.29) is 10.7 Å². The number of nitrogens with zero attached hydrogens (tertiary/aromatic N) is 1. The maximum atomic E-state index is 11.1. The van der Waals surface area contributed by atoms with Gasteiger partial charge in [0.15, 0.2) is 0 Å². The number of rotatable bonds is 3. The first kappa shape index (κ1) is 11.3. The summed E-state index contributed by atoms with van der Waals surface area (Å²) >= 11 is 8.78. The zero-order valence-electron chi connectivity index (χ0n) is 7.42. The Morgan fingerprint density at radius 2 is 2.36 bits per heavy atom. The van der Waals surface area contributed by atoms with Crippen LogP contribution in [0.4, 0.5) is 5.82 Å². The zero-order chi connectivity index (χ0) is 10.6. The van der Waals surface area contributed by atoms with Gasteiger partial charge in [-0.1, -0.05) is 33.6 Å². The highest BCUT2D eigenvalue weighted by Crippen LogP contribution is 2.08. The standard InChI is InChI=1S/C8H9BrClN3O/c1-5(9)8(14)13-12-7-4-2-3-6(10)11-7/h2-5H,1H3,(H,11,12)(H,13,14). The summed E-state index contributed by atoms with van der Waals surface area (Å²) < 4.78 is 0. The molecule has 0 aliphatic rings. The van der Waals surface area contributed by atoms with Gasteiger partial charge in [-0.15, -0.1) is 0 Å². The van der Waals surface area contributed by atoms with E-state index in [1.54, 1.807) is 25.1 Å². The number of carbonyl (C=O) groups excluding carboxylic acids is 1. The molecule has 76 valence electrons. The van der Waals surface area contributed by atoms with Crippen molar-refractivity contribution in [2.45, 2.75) is 11.8 Å². The number of hydrogen-bond acceptors (Lipinski definition) is 3. The summed E-state index contributed by atoms with van der Waals surface area (Å²) in [5, 5.41) is 0.371. The van der Waals surface area contributed by atoms with E-state index in [1.807, 2.05) is 0 Å². The maximum absolute atomic E-state index is 11.1. The molecule has 0 spiro atoms. The number of halogens is 2. The van der Waals surface area contributed by atoms with Crippen molar-refractivity contribution in [1.29, 1.82) is 0 Å². The molecule has 0 aromatic carbocycles. The van der Waals surface area contributed by atoms with Crippen molar-refractivity contribution in [3.63, 3.8) is 0 Å². The average molecular weight is 279 g/mol. The zero-order valence-corrected chi connectivity index (χ0v) is 9.76. The van der Waals surface area contributed by atoms with Gasteiger partial charge in [-0.3, -0.25) is 15.6 Å². The molecule has 1 aromatic heterocycles. The Hall–Kier alpha value is -0.810. The highest BCUT2D eigenvalue weighted by molar-refractivity contribution is 9.10. The fourth-order valence-electron chi connectivity index (χ4n) is 0.703. The third-order valence-corrected chi connectivity index (χ3v) is 2.02. The van der Waals surface area contributed by atoms with E-state index in [1.165, 1.54) is 0 Å². The first-order valence-corrected chi connectivity index (χ1v) is 5.21. The van der Waals surface area contributed by atoms with Gasteiger partial charge in [-0.25, -0.2) is 4.98 Å². The van der Waals surface area contributed by atoms with Gasteiger partial charge in [-0.05, 0) is 19.1 Å². The van der Waals surface area contributed by atoms with Crippen LogP contribution >= 0.6 is 27.5 Å². The topological polar surface area (TPSA) is 54.0 Å². The van der Waals surface area contributed by atoms with E-state index < -0.39 is 0 Å². The predicted octanol–water partition coefficient (Wildman–Crippen LogP) is 1.96. The molecule has 14 heavy (non-hydrogen) atoms. The third kappa shape index (κ3) is 3.51. The number of pyridine rings is 1. The van der Waals surface area contributed by atoms with E-state index in [4.69, 9.17) is 11.6 Å². The number of hydrogen-bond donors (Lipinski definition) is 2. The van der Waals surface area contributed by atoms with Gasteiger partial charge >= 0.3 is 0 Å². The van der Waals surface area contributed by atoms with Gasteiger partial charge in [0.25, 0.3) is 5.91 Å². The predicted molar refractivity (Wildman–Crippen MR) is 59.4 cm³/mol. The summed E-state index contributed by atoms with van der Waals surface area (Å²) in [7, 11) is 0. The molecule has 1 unspecified atom stereocenters. The second-order valence-electron chi connectivity index (χ2n) is 2.58. The minimum atomic E-state index is -0.255. The summed E-state index contributed by atoms with van der Waals surface area (Å²) in [6.07, 6.45) is 0. The van der Waals surface area contributed by atoms with Crippen LogP contribution < -0.4 is 10.9 Å². The van der Waals surface area contributed by atoms with E-state index in [9.17, 15) is 4.79 Å². The van der Waals surface area contributed by atoms with Crippen molar-refractivity contribution in [1.82, 2.24) is 10.4 Å². The second-order valence-corrected chi connectivity index (χ2v) is 4.34. The molecule has 0 bridgehead atoms. The highest BCUT2D eigenvalue weighted by atomic mass is 79.9. The van der Waals surface area contributed by atoms with Crippen molar-refractivity contribution in [3.05, 3.63) is 23.4 Å².